The van der Waals surface area contributed by atoms with E-state index < -0.39 is 0 Å². The highest BCUT2D eigenvalue weighted by Crippen LogP contribution is 1.98. The van der Waals surface area contributed by atoms with Gasteiger partial charge in [0.2, 0.25) is 5.91 Å². The van der Waals surface area contributed by atoms with E-state index in [0.717, 1.165) is 51.4 Å². The standard InChI is InChI=1S/C11H23N3OS.ClH/c1-16-10-2-3-11(15)13-6-9-14-7-4-12-5-8-14;/h12H,2-10H2,1H3,(H,13,15);1H. The maximum Gasteiger partial charge on any atom is 0.220 e. The van der Waals surface area contributed by atoms with Crippen LogP contribution in [0.5, 0.6) is 0 Å². The number of rotatable bonds is 7. The van der Waals surface area contributed by atoms with Crippen molar-refractivity contribution in [2.24, 2.45) is 0 Å². The number of hydrogen-bond donors (Lipinski definition) is 2. The lowest BCUT2D eigenvalue weighted by atomic mass is 10.3. The molecule has 2 N–H and O–H groups in total. The van der Waals surface area contributed by atoms with Crippen molar-refractivity contribution in [3.63, 3.8) is 0 Å². The molecule has 0 aromatic heterocycles. The Hall–Kier alpha value is 0.0300. The molecule has 6 heteroatoms. The normalized spacial score (nSPS) is 16.3. The monoisotopic (exact) mass is 281 g/mol. The third-order valence-corrected chi connectivity index (χ3v) is 3.41. The Bertz CT molecular complexity index is 201. The van der Waals surface area contributed by atoms with Crippen LogP contribution in [0.15, 0.2) is 0 Å². The molecule has 0 spiro atoms. The molecule has 1 aliphatic rings. The van der Waals surface area contributed by atoms with Crippen LogP contribution in [-0.2, 0) is 4.79 Å². The minimum absolute atomic E-state index is 0. The number of thioether (sulfide) groups is 1. The minimum Gasteiger partial charge on any atom is -0.355 e. The van der Waals surface area contributed by atoms with Crippen LogP contribution >= 0.6 is 24.2 Å². The van der Waals surface area contributed by atoms with E-state index in [1.54, 1.807) is 11.8 Å². The Balaban J connectivity index is 0.00000256. The summed E-state index contributed by atoms with van der Waals surface area (Å²) >= 11 is 1.80. The van der Waals surface area contributed by atoms with Crippen molar-refractivity contribution < 1.29 is 4.79 Å². The van der Waals surface area contributed by atoms with Crippen molar-refractivity contribution in [1.82, 2.24) is 15.5 Å². The Morgan fingerprint density at radius 1 is 1.41 bits per heavy atom. The zero-order chi connectivity index (χ0) is 11.6. The first-order chi connectivity index (χ1) is 7.83. The first-order valence-electron chi connectivity index (χ1n) is 6.01. The molecule has 0 saturated carbocycles. The predicted octanol–water partition coefficient (Wildman–Crippen LogP) is 0.573. The number of halogens is 1. The maximum atomic E-state index is 11.4. The van der Waals surface area contributed by atoms with Crippen molar-refractivity contribution in [3.05, 3.63) is 0 Å². The summed E-state index contributed by atoms with van der Waals surface area (Å²) in [6.07, 6.45) is 3.73. The number of carbonyl (C=O) groups is 1. The second-order valence-electron chi connectivity index (χ2n) is 4.04. The molecular weight excluding hydrogens is 258 g/mol. The summed E-state index contributed by atoms with van der Waals surface area (Å²) in [5.41, 5.74) is 0. The lowest BCUT2D eigenvalue weighted by Crippen LogP contribution is -2.46. The molecule has 1 heterocycles. The molecule has 0 aromatic carbocycles. The van der Waals surface area contributed by atoms with Crippen LogP contribution in [0.2, 0.25) is 0 Å². The molecule has 4 nitrogen and oxygen atoms in total. The highest BCUT2D eigenvalue weighted by molar-refractivity contribution is 7.98. The van der Waals surface area contributed by atoms with Crippen molar-refractivity contribution in [1.29, 1.82) is 0 Å². The van der Waals surface area contributed by atoms with Gasteiger partial charge < -0.3 is 10.6 Å². The topological polar surface area (TPSA) is 44.4 Å². The Labute approximate surface area is 115 Å². The molecule has 0 aliphatic carbocycles. The molecule has 0 atom stereocenters. The van der Waals surface area contributed by atoms with E-state index in [9.17, 15) is 4.79 Å². The molecule has 1 amide bonds. The second-order valence-corrected chi connectivity index (χ2v) is 5.02. The van der Waals surface area contributed by atoms with Gasteiger partial charge in [-0.3, -0.25) is 9.69 Å². The van der Waals surface area contributed by atoms with E-state index in [0.29, 0.717) is 6.42 Å². The van der Waals surface area contributed by atoms with Crippen molar-refractivity contribution >= 4 is 30.1 Å². The molecule has 1 saturated heterocycles. The smallest absolute Gasteiger partial charge is 0.220 e. The van der Waals surface area contributed by atoms with Crippen LogP contribution in [-0.4, -0.2) is 62.1 Å². The van der Waals surface area contributed by atoms with E-state index in [1.807, 2.05) is 0 Å². The van der Waals surface area contributed by atoms with Crippen molar-refractivity contribution in [2.75, 3.05) is 51.3 Å². The predicted molar refractivity (Wildman–Crippen MR) is 77.2 cm³/mol. The average molecular weight is 282 g/mol. The number of nitrogens with one attached hydrogen (secondary N) is 2. The van der Waals surface area contributed by atoms with Gasteiger partial charge in [0.15, 0.2) is 0 Å². The third kappa shape index (κ3) is 8.71. The lowest BCUT2D eigenvalue weighted by Gasteiger charge is -2.27. The summed E-state index contributed by atoms with van der Waals surface area (Å²) in [5, 5.41) is 6.30. The summed E-state index contributed by atoms with van der Waals surface area (Å²) in [5.74, 6) is 1.27. The highest BCUT2D eigenvalue weighted by atomic mass is 35.5. The molecule has 1 rings (SSSR count). The molecule has 1 aliphatic heterocycles. The van der Waals surface area contributed by atoms with Gasteiger partial charge in [-0.15, -0.1) is 12.4 Å². The van der Waals surface area contributed by atoms with Crippen molar-refractivity contribution in [3.8, 4) is 0 Å². The largest absolute Gasteiger partial charge is 0.355 e. The number of hydrogen-bond acceptors (Lipinski definition) is 4. The zero-order valence-electron chi connectivity index (χ0n) is 10.5. The highest BCUT2D eigenvalue weighted by Gasteiger charge is 2.08. The SMILES string of the molecule is CSCCCC(=O)NCCN1CCNCC1.Cl. The maximum absolute atomic E-state index is 11.4. The molecule has 0 aromatic rings. The fourth-order valence-electron chi connectivity index (χ4n) is 1.75. The summed E-state index contributed by atoms with van der Waals surface area (Å²) in [6.45, 7) is 6.11. The number of carbonyl (C=O) groups excluding carboxylic acids is 1. The summed E-state index contributed by atoms with van der Waals surface area (Å²) in [7, 11) is 0. The van der Waals surface area contributed by atoms with Crippen molar-refractivity contribution in [2.45, 2.75) is 12.8 Å². The van der Waals surface area contributed by atoms with Crippen LogP contribution < -0.4 is 10.6 Å². The molecular formula is C11H24ClN3OS. The van der Waals surface area contributed by atoms with E-state index in [-0.39, 0.29) is 18.3 Å². The Morgan fingerprint density at radius 2 is 2.12 bits per heavy atom. The lowest BCUT2D eigenvalue weighted by molar-refractivity contribution is -0.121. The molecule has 17 heavy (non-hydrogen) atoms. The van der Waals surface area contributed by atoms with Crippen LogP contribution in [0, 0.1) is 0 Å². The summed E-state index contributed by atoms with van der Waals surface area (Å²) < 4.78 is 0. The Morgan fingerprint density at radius 3 is 2.76 bits per heavy atom. The molecule has 1 fully saturated rings. The van der Waals surface area contributed by atoms with Gasteiger partial charge in [-0.2, -0.15) is 11.8 Å². The zero-order valence-corrected chi connectivity index (χ0v) is 12.2. The second kappa shape index (κ2) is 11.1. The van der Waals surface area contributed by atoms with E-state index in [2.05, 4.69) is 21.8 Å². The number of piperazine rings is 1. The molecule has 0 bridgehead atoms. The number of amides is 1. The first-order valence-corrected chi connectivity index (χ1v) is 7.41. The fraction of sp³-hybridized carbons (Fsp3) is 0.909. The first kappa shape index (κ1) is 17.0. The summed E-state index contributed by atoms with van der Waals surface area (Å²) in [6, 6.07) is 0. The van der Waals surface area contributed by atoms with Gasteiger partial charge in [-0.1, -0.05) is 0 Å². The van der Waals surface area contributed by atoms with Crippen LogP contribution in [0.4, 0.5) is 0 Å². The van der Waals surface area contributed by atoms with E-state index in [1.165, 1.54) is 0 Å². The summed E-state index contributed by atoms with van der Waals surface area (Å²) in [4.78, 5) is 13.8. The van der Waals surface area contributed by atoms with Gasteiger partial charge in [0.25, 0.3) is 0 Å². The fourth-order valence-corrected chi connectivity index (χ4v) is 2.19. The van der Waals surface area contributed by atoms with Crippen LogP contribution in [0.25, 0.3) is 0 Å². The number of nitrogens with zero attached hydrogens (tertiary/aromatic N) is 1. The molecule has 0 unspecified atom stereocenters. The van der Waals surface area contributed by atoms with Gasteiger partial charge in [0.1, 0.15) is 0 Å². The quantitative estimate of drug-likeness (QED) is 0.670. The van der Waals surface area contributed by atoms with Gasteiger partial charge in [0.05, 0.1) is 0 Å². The molecule has 0 radical (unpaired) electrons. The van der Waals surface area contributed by atoms with Gasteiger partial charge in [-0.05, 0) is 18.4 Å². The third-order valence-electron chi connectivity index (χ3n) is 2.71. The van der Waals surface area contributed by atoms with E-state index in [4.69, 9.17) is 0 Å². The van der Waals surface area contributed by atoms with Gasteiger partial charge in [0, 0.05) is 45.7 Å². The van der Waals surface area contributed by atoms with Gasteiger partial charge in [-0.25, -0.2) is 0 Å². The average Bonchev–Trinajstić information content (AvgIpc) is 2.31. The minimum atomic E-state index is 0. The van der Waals surface area contributed by atoms with Crippen LogP contribution in [0.1, 0.15) is 12.8 Å². The van der Waals surface area contributed by atoms with E-state index >= 15 is 0 Å². The van der Waals surface area contributed by atoms with Crippen LogP contribution in [0.3, 0.4) is 0 Å². The Kier molecular flexibility index (Phi) is 11.2. The van der Waals surface area contributed by atoms with Gasteiger partial charge >= 0.3 is 0 Å². The molecule has 102 valence electrons.